The molecule has 0 fully saturated rings. The van der Waals surface area contributed by atoms with Gasteiger partial charge in [-0.3, -0.25) is 10.8 Å². The summed E-state index contributed by atoms with van der Waals surface area (Å²) < 4.78 is 28.0. The maximum absolute atomic E-state index is 10.4. The van der Waals surface area contributed by atoms with Crippen molar-refractivity contribution in [2.45, 2.75) is 0 Å². The summed E-state index contributed by atoms with van der Waals surface area (Å²) >= 11 is 0. The van der Waals surface area contributed by atoms with Crippen molar-refractivity contribution in [3.63, 3.8) is 0 Å². The quantitative estimate of drug-likeness (QED) is 0.287. The van der Waals surface area contributed by atoms with Crippen molar-refractivity contribution >= 4 is 22.4 Å². The van der Waals surface area contributed by atoms with Crippen LogP contribution >= 0.6 is 0 Å². The minimum absolute atomic E-state index is 1.06. The number of amidine groups is 2. The maximum atomic E-state index is 10.4. The first-order valence-electron chi connectivity index (χ1n) is 2.15. The van der Waals surface area contributed by atoms with Crippen LogP contribution in [-0.4, -0.2) is 20.5 Å². The van der Waals surface area contributed by atoms with Crippen molar-refractivity contribution in [2.24, 2.45) is 11.5 Å². The molecule has 0 amide bonds. The van der Waals surface area contributed by atoms with Crippen LogP contribution in [0.3, 0.4) is 0 Å². The van der Waals surface area contributed by atoms with Gasteiger partial charge in [-0.25, -0.2) is 0 Å². The van der Waals surface area contributed by atoms with Gasteiger partial charge in [0.05, 0.1) is 0 Å². The van der Waals surface area contributed by atoms with E-state index in [9.17, 15) is 8.42 Å². The van der Waals surface area contributed by atoms with E-state index in [1.807, 2.05) is 0 Å². The standard InChI is InChI=1S/C2H6N4O4S/c3-1(4)9-11(7,8)10-2(5)6/h(H3,3,4)(H3,5,6). The fourth-order valence-corrected chi connectivity index (χ4v) is 0.711. The molecule has 0 rings (SSSR count). The van der Waals surface area contributed by atoms with Crippen molar-refractivity contribution < 1.29 is 16.8 Å². The molecule has 0 bridgehead atoms. The van der Waals surface area contributed by atoms with Crippen LogP contribution in [0, 0.1) is 10.8 Å². The molecule has 8 nitrogen and oxygen atoms in total. The molecule has 0 aliphatic rings. The molecule has 0 aromatic heterocycles. The first-order valence-corrected chi connectivity index (χ1v) is 3.49. The van der Waals surface area contributed by atoms with Gasteiger partial charge in [0, 0.05) is 0 Å². The molecular weight excluding hydrogens is 176 g/mol. The second-order valence-corrected chi connectivity index (χ2v) is 2.45. The summed E-state index contributed by atoms with van der Waals surface area (Å²) in [5.74, 6) is 0. The first kappa shape index (κ1) is 9.49. The molecule has 0 aliphatic heterocycles. The van der Waals surface area contributed by atoms with Gasteiger partial charge in [-0.15, -0.1) is 8.42 Å². The lowest BCUT2D eigenvalue weighted by Crippen LogP contribution is -2.26. The molecule has 0 saturated heterocycles. The van der Waals surface area contributed by atoms with Gasteiger partial charge >= 0.3 is 10.4 Å². The maximum Gasteiger partial charge on any atom is 0.506 e. The second-order valence-electron chi connectivity index (χ2n) is 1.30. The van der Waals surface area contributed by atoms with E-state index >= 15 is 0 Å². The van der Waals surface area contributed by atoms with Crippen molar-refractivity contribution in [1.29, 1.82) is 10.8 Å². The number of nitrogens with two attached hydrogens (primary N) is 2. The van der Waals surface area contributed by atoms with E-state index in [0.717, 1.165) is 0 Å². The minimum Gasteiger partial charge on any atom is -0.353 e. The molecule has 0 aromatic carbocycles. The Kier molecular flexibility index (Phi) is 2.63. The van der Waals surface area contributed by atoms with Gasteiger partial charge < -0.3 is 19.8 Å². The molecule has 6 N–H and O–H groups in total. The minimum atomic E-state index is -4.48. The van der Waals surface area contributed by atoms with Gasteiger partial charge in [0.2, 0.25) is 0 Å². The summed E-state index contributed by atoms with van der Waals surface area (Å²) in [6, 6.07) is -2.13. The lowest BCUT2D eigenvalue weighted by molar-refractivity contribution is 0.377. The third-order valence-corrected chi connectivity index (χ3v) is 1.15. The Hall–Kier alpha value is -1.51. The SMILES string of the molecule is N=C(N)OS(=O)(=O)OC(=N)N. The van der Waals surface area contributed by atoms with Crippen LogP contribution in [0.2, 0.25) is 0 Å². The lowest BCUT2D eigenvalue weighted by Gasteiger charge is -2.02. The predicted molar refractivity (Wildman–Crippen MR) is 34.9 cm³/mol. The molecular formula is C2H6N4O4S. The van der Waals surface area contributed by atoms with E-state index in [1.54, 1.807) is 0 Å². The summed E-state index contributed by atoms with van der Waals surface area (Å²) in [6.07, 6.45) is 0. The number of rotatable bonds is 2. The van der Waals surface area contributed by atoms with Crippen LogP contribution in [0.1, 0.15) is 0 Å². The zero-order valence-electron chi connectivity index (χ0n) is 5.20. The Labute approximate surface area is 62.4 Å². The van der Waals surface area contributed by atoms with E-state index < -0.39 is 22.4 Å². The van der Waals surface area contributed by atoms with Gasteiger partial charge in [-0.1, -0.05) is 0 Å². The molecule has 0 heterocycles. The van der Waals surface area contributed by atoms with Crippen LogP contribution in [0.5, 0.6) is 0 Å². The van der Waals surface area contributed by atoms with Crippen LogP contribution in [0.25, 0.3) is 0 Å². The van der Waals surface area contributed by atoms with E-state index in [0.29, 0.717) is 0 Å². The molecule has 0 unspecified atom stereocenters. The molecule has 64 valence electrons. The van der Waals surface area contributed by atoms with E-state index in [1.165, 1.54) is 0 Å². The summed E-state index contributed by atoms with van der Waals surface area (Å²) in [4.78, 5) is 0. The fraction of sp³-hybridized carbons (Fsp3) is 0. The Morgan fingerprint density at radius 1 is 1.09 bits per heavy atom. The third kappa shape index (κ3) is 4.96. The molecule has 11 heavy (non-hydrogen) atoms. The molecule has 0 saturated carbocycles. The van der Waals surface area contributed by atoms with Crippen LogP contribution in [0.15, 0.2) is 0 Å². The number of hydrogen-bond acceptors (Lipinski definition) is 6. The van der Waals surface area contributed by atoms with Crippen LogP contribution in [-0.2, 0) is 18.8 Å². The largest absolute Gasteiger partial charge is 0.506 e. The fourth-order valence-electron chi connectivity index (χ4n) is 0.237. The van der Waals surface area contributed by atoms with Crippen LogP contribution in [0.4, 0.5) is 0 Å². The summed E-state index contributed by atoms with van der Waals surface area (Å²) in [5.41, 5.74) is 9.09. The molecule has 0 radical (unpaired) electrons. The highest BCUT2D eigenvalue weighted by Gasteiger charge is 2.15. The van der Waals surface area contributed by atoms with Crippen molar-refractivity contribution in [2.75, 3.05) is 0 Å². The predicted octanol–water partition coefficient (Wildman–Crippen LogP) is -1.95. The molecule has 0 aromatic rings. The van der Waals surface area contributed by atoms with Crippen LogP contribution < -0.4 is 11.5 Å². The van der Waals surface area contributed by atoms with Crippen molar-refractivity contribution in [1.82, 2.24) is 0 Å². The van der Waals surface area contributed by atoms with E-state index in [-0.39, 0.29) is 0 Å². The van der Waals surface area contributed by atoms with Gasteiger partial charge in [0.25, 0.3) is 12.0 Å². The summed E-state index contributed by atoms with van der Waals surface area (Å²) in [6.45, 7) is 0. The topological polar surface area (TPSA) is 152 Å². The van der Waals surface area contributed by atoms with E-state index in [4.69, 9.17) is 10.8 Å². The summed E-state index contributed by atoms with van der Waals surface area (Å²) in [7, 11) is -4.48. The zero-order valence-corrected chi connectivity index (χ0v) is 6.01. The number of nitrogens with one attached hydrogen (secondary N) is 2. The van der Waals surface area contributed by atoms with Gasteiger partial charge in [-0.05, 0) is 0 Å². The van der Waals surface area contributed by atoms with Gasteiger partial charge in [0.15, 0.2) is 0 Å². The van der Waals surface area contributed by atoms with E-state index in [2.05, 4.69) is 19.8 Å². The average molecular weight is 182 g/mol. The van der Waals surface area contributed by atoms with Crippen molar-refractivity contribution in [3.05, 3.63) is 0 Å². The van der Waals surface area contributed by atoms with Crippen molar-refractivity contribution in [3.8, 4) is 0 Å². The molecule has 0 atom stereocenters. The molecule has 9 heteroatoms. The van der Waals surface area contributed by atoms with Gasteiger partial charge in [0.1, 0.15) is 0 Å². The molecule has 0 spiro atoms. The highest BCUT2D eigenvalue weighted by Crippen LogP contribution is 1.92. The summed E-state index contributed by atoms with van der Waals surface area (Å²) in [5, 5.41) is 12.8. The Morgan fingerprint density at radius 3 is 1.55 bits per heavy atom. The Morgan fingerprint density at radius 2 is 1.36 bits per heavy atom. The highest BCUT2D eigenvalue weighted by atomic mass is 32.3. The smallest absolute Gasteiger partial charge is 0.353 e. The highest BCUT2D eigenvalue weighted by molar-refractivity contribution is 7.82. The first-order chi connectivity index (χ1) is 4.83. The van der Waals surface area contributed by atoms with Gasteiger partial charge in [-0.2, -0.15) is 0 Å². The monoisotopic (exact) mass is 182 g/mol. The third-order valence-electron chi connectivity index (χ3n) is 0.384. The Bertz CT molecular complexity index is 246. The zero-order chi connectivity index (χ0) is 9.07. The normalized spacial score (nSPS) is 10.2. The average Bonchev–Trinajstić information content (AvgIpc) is 1.53. The number of hydrogen-bond donors (Lipinski definition) is 4. The molecule has 0 aliphatic carbocycles. The second kappa shape index (κ2) is 3.05. The lowest BCUT2D eigenvalue weighted by atomic mass is 11.3. The Balaban J connectivity index is 4.25.